The fraction of sp³-hybridized carbons (Fsp3) is 0.333. The van der Waals surface area contributed by atoms with Gasteiger partial charge in [0.25, 0.3) is 0 Å². The fourth-order valence-electron chi connectivity index (χ4n) is 2.84. The highest BCUT2D eigenvalue weighted by atomic mass is 32.2. The predicted octanol–water partition coefficient (Wildman–Crippen LogP) is 2.57. The van der Waals surface area contributed by atoms with Crippen molar-refractivity contribution in [3.05, 3.63) is 65.7 Å². The molecule has 5 heteroatoms. The molecule has 2 aromatic carbocycles. The second-order valence-electron chi connectivity index (χ2n) is 6.21. The maximum absolute atomic E-state index is 12.5. The maximum Gasteiger partial charge on any atom is 0.240 e. The van der Waals surface area contributed by atoms with Crippen LogP contribution in [-0.2, 0) is 15.6 Å². The zero-order chi connectivity index (χ0) is 16.5. The molecule has 0 radical (unpaired) electrons. The Bertz CT molecular complexity index is 785. The normalized spacial score (nSPS) is 17.7. The van der Waals surface area contributed by atoms with Crippen molar-refractivity contribution in [2.45, 2.75) is 30.3 Å². The lowest BCUT2D eigenvalue weighted by Gasteiger charge is -2.29. The van der Waals surface area contributed by atoms with Crippen LogP contribution in [0.2, 0.25) is 0 Å². The molecule has 2 N–H and O–H groups in total. The van der Waals surface area contributed by atoms with E-state index in [0.717, 1.165) is 24.0 Å². The van der Waals surface area contributed by atoms with Gasteiger partial charge in [-0.3, -0.25) is 0 Å². The third-order valence-electron chi connectivity index (χ3n) is 4.36. The van der Waals surface area contributed by atoms with Crippen molar-refractivity contribution in [2.24, 2.45) is 5.92 Å². The summed E-state index contributed by atoms with van der Waals surface area (Å²) in [5.74, 6) is 0.102. The highest BCUT2D eigenvalue weighted by molar-refractivity contribution is 7.89. The minimum atomic E-state index is -3.64. The number of aliphatic hydroxyl groups is 1. The minimum Gasteiger partial charge on any atom is -0.383 e. The van der Waals surface area contributed by atoms with Crippen LogP contribution >= 0.6 is 0 Å². The molecule has 3 rings (SSSR count). The summed E-state index contributed by atoms with van der Waals surface area (Å²) >= 11 is 0. The van der Waals surface area contributed by atoms with Crippen LogP contribution in [0.25, 0.3) is 0 Å². The molecule has 1 aliphatic carbocycles. The topological polar surface area (TPSA) is 66.4 Å². The standard InChI is InChI=1S/C18H21NO3S/c1-14-6-5-9-17(12-14)23(21,22)19-13-18(20,16-10-11-16)15-7-3-2-4-8-15/h2-9,12,16,19-20H,10-11,13H2,1H3. The largest absolute Gasteiger partial charge is 0.383 e. The Hall–Kier alpha value is -1.69. The Balaban J connectivity index is 1.82. The van der Waals surface area contributed by atoms with Crippen molar-refractivity contribution in [2.75, 3.05) is 6.54 Å². The fourth-order valence-corrected chi connectivity index (χ4v) is 4.02. The van der Waals surface area contributed by atoms with Crippen molar-refractivity contribution in [3.8, 4) is 0 Å². The summed E-state index contributed by atoms with van der Waals surface area (Å²) < 4.78 is 27.6. The van der Waals surface area contributed by atoms with Crippen molar-refractivity contribution in [1.82, 2.24) is 4.72 Å². The van der Waals surface area contributed by atoms with Crippen LogP contribution in [0.1, 0.15) is 24.0 Å². The molecule has 0 aromatic heterocycles. The van der Waals surface area contributed by atoms with Gasteiger partial charge in [0.05, 0.1) is 4.90 Å². The van der Waals surface area contributed by atoms with E-state index in [9.17, 15) is 13.5 Å². The van der Waals surface area contributed by atoms with Gasteiger partial charge in [-0.25, -0.2) is 13.1 Å². The van der Waals surface area contributed by atoms with Crippen molar-refractivity contribution in [3.63, 3.8) is 0 Å². The van der Waals surface area contributed by atoms with Gasteiger partial charge >= 0.3 is 0 Å². The van der Waals surface area contributed by atoms with Crippen LogP contribution < -0.4 is 4.72 Å². The molecular formula is C18H21NO3S. The van der Waals surface area contributed by atoms with Crippen molar-refractivity contribution >= 4 is 10.0 Å². The summed E-state index contributed by atoms with van der Waals surface area (Å²) in [6, 6.07) is 16.1. The smallest absolute Gasteiger partial charge is 0.240 e. The van der Waals surface area contributed by atoms with E-state index in [1.165, 1.54) is 0 Å². The molecular weight excluding hydrogens is 310 g/mol. The number of benzene rings is 2. The van der Waals surface area contributed by atoms with E-state index in [1.54, 1.807) is 18.2 Å². The van der Waals surface area contributed by atoms with Gasteiger partial charge in [-0.2, -0.15) is 0 Å². The molecule has 0 heterocycles. The van der Waals surface area contributed by atoms with Gasteiger partial charge in [0.2, 0.25) is 10.0 Å². The molecule has 0 bridgehead atoms. The lowest BCUT2D eigenvalue weighted by Crippen LogP contribution is -2.42. The van der Waals surface area contributed by atoms with Crippen LogP contribution in [0.15, 0.2) is 59.5 Å². The number of rotatable bonds is 6. The summed E-state index contributed by atoms with van der Waals surface area (Å²) in [6.07, 6.45) is 1.83. The Morgan fingerprint density at radius 3 is 2.43 bits per heavy atom. The van der Waals surface area contributed by atoms with E-state index in [-0.39, 0.29) is 17.4 Å². The number of sulfonamides is 1. The maximum atomic E-state index is 12.5. The third kappa shape index (κ3) is 3.47. The molecule has 23 heavy (non-hydrogen) atoms. The predicted molar refractivity (Wildman–Crippen MR) is 89.4 cm³/mol. The summed E-state index contributed by atoms with van der Waals surface area (Å²) in [7, 11) is -3.64. The van der Waals surface area contributed by atoms with E-state index in [2.05, 4.69) is 4.72 Å². The highest BCUT2D eigenvalue weighted by Crippen LogP contribution is 2.45. The number of hydrogen-bond donors (Lipinski definition) is 2. The molecule has 0 saturated heterocycles. The molecule has 1 atom stereocenters. The third-order valence-corrected chi connectivity index (χ3v) is 5.76. The summed E-state index contributed by atoms with van der Waals surface area (Å²) in [5, 5.41) is 11.1. The minimum absolute atomic E-state index is 0.0159. The summed E-state index contributed by atoms with van der Waals surface area (Å²) in [6.45, 7) is 1.83. The second-order valence-corrected chi connectivity index (χ2v) is 7.97. The second kappa shape index (κ2) is 6.07. The number of nitrogens with one attached hydrogen (secondary N) is 1. The van der Waals surface area contributed by atoms with Gasteiger partial charge in [-0.15, -0.1) is 0 Å². The Morgan fingerprint density at radius 2 is 1.83 bits per heavy atom. The molecule has 0 spiro atoms. The molecule has 2 aromatic rings. The monoisotopic (exact) mass is 331 g/mol. The van der Waals surface area contributed by atoms with Gasteiger partial charge < -0.3 is 5.11 Å². The first-order valence-electron chi connectivity index (χ1n) is 7.76. The first kappa shape index (κ1) is 16.2. The lowest BCUT2D eigenvalue weighted by molar-refractivity contribution is 0.0185. The molecule has 1 fully saturated rings. The number of hydrogen-bond acceptors (Lipinski definition) is 3. The van der Waals surface area contributed by atoms with E-state index < -0.39 is 15.6 Å². The first-order valence-corrected chi connectivity index (χ1v) is 9.24. The van der Waals surface area contributed by atoms with E-state index in [4.69, 9.17) is 0 Å². The van der Waals surface area contributed by atoms with Crippen molar-refractivity contribution in [1.29, 1.82) is 0 Å². The van der Waals surface area contributed by atoms with Gasteiger partial charge in [-0.1, -0.05) is 42.5 Å². The zero-order valence-corrected chi connectivity index (χ0v) is 13.9. The SMILES string of the molecule is Cc1cccc(S(=O)(=O)NCC(O)(c2ccccc2)C2CC2)c1. The molecule has 0 amide bonds. The van der Waals surface area contributed by atoms with Gasteiger partial charge in [-0.05, 0) is 48.9 Å². The highest BCUT2D eigenvalue weighted by Gasteiger charge is 2.45. The van der Waals surface area contributed by atoms with Crippen LogP contribution in [-0.4, -0.2) is 20.1 Å². The molecule has 1 aliphatic rings. The molecule has 122 valence electrons. The lowest BCUT2D eigenvalue weighted by atomic mass is 9.89. The van der Waals surface area contributed by atoms with Crippen LogP contribution in [0, 0.1) is 12.8 Å². The van der Waals surface area contributed by atoms with E-state index >= 15 is 0 Å². The molecule has 0 aliphatic heterocycles. The Labute approximate surface area is 137 Å². The van der Waals surface area contributed by atoms with Crippen LogP contribution in [0.5, 0.6) is 0 Å². The molecule has 4 nitrogen and oxygen atoms in total. The summed E-state index contributed by atoms with van der Waals surface area (Å²) in [5.41, 5.74) is 0.487. The quantitative estimate of drug-likeness (QED) is 0.855. The van der Waals surface area contributed by atoms with E-state index in [0.29, 0.717) is 0 Å². The van der Waals surface area contributed by atoms with Crippen molar-refractivity contribution < 1.29 is 13.5 Å². The Kier molecular flexibility index (Phi) is 4.27. The average molecular weight is 331 g/mol. The van der Waals surface area contributed by atoms with Gasteiger partial charge in [0, 0.05) is 6.54 Å². The van der Waals surface area contributed by atoms with Crippen LogP contribution in [0.4, 0.5) is 0 Å². The Morgan fingerprint density at radius 1 is 1.13 bits per heavy atom. The van der Waals surface area contributed by atoms with E-state index in [1.807, 2.05) is 43.3 Å². The van der Waals surface area contributed by atoms with Gasteiger partial charge in [0.1, 0.15) is 5.60 Å². The zero-order valence-electron chi connectivity index (χ0n) is 13.1. The van der Waals surface area contributed by atoms with Crippen LogP contribution in [0.3, 0.4) is 0 Å². The number of aryl methyl sites for hydroxylation is 1. The molecule has 1 saturated carbocycles. The molecule has 1 unspecified atom stereocenters. The summed E-state index contributed by atoms with van der Waals surface area (Å²) in [4.78, 5) is 0.226. The first-order chi connectivity index (χ1) is 10.9. The average Bonchev–Trinajstić information content (AvgIpc) is 3.39. The van der Waals surface area contributed by atoms with Gasteiger partial charge in [0.15, 0.2) is 0 Å².